The third-order valence-corrected chi connectivity index (χ3v) is 2.53. The van der Waals surface area contributed by atoms with Crippen molar-refractivity contribution >= 4 is 17.6 Å². The summed E-state index contributed by atoms with van der Waals surface area (Å²) in [5.74, 6) is 1.96. The first kappa shape index (κ1) is 12.8. The average molecular weight is 240 g/mol. The Morgan fingerprint density at radius 1 is 1.56 bits per heavy atom. The van der Waals surface area contributed by atoms with Crippen molar-refractivity contribution in [2.75, 3.05) is 25.5 Å². The highest BCUT2D eigenvalue weighted by Crippen LogP contribution is 2.19. The van der Waals surface area contributed by atoms with E-state index in [1.807, 2.05) is 0 Å². The molecule has 0 aliphatic rings. The van der Waals surface area contributed by atoms with E-state index in [1.54, 1.807) is 6.07 Å². The van der Waals surface area contributed by atoms with Gasteiger partial charge in [-0.15, -0.1) is 6.42 Å². The molecule has 16 heavy (non-hydrogen) atoms. The summed E-state index contributed by atoms with van der Waals surface area (Å²) < 4.78 is 21.1. The number of hydrogen-bond acceptors (Lipinski definition) is 4. The van der Waals surface area contributed by atoms with Crippen LogP contribution in [0.15, 0.2) is 23.1 Å². The number of nitrogen functional groups attached to an aromatic ring is 1. The Morgan fingerprint density at radius 3 is 3.06 bits per heavy atom. The lowest BCUT2D eigenvalue weighted by Crippen LogP contribution is -2.12. The second-order valence-electron chi connectivity index (χ2n) is 2.94. The first-order valence-electron chi connectivity index (χ1n) is 4.70. The number of halogens is 1. The van der Waals surface area contributed by atoms with Crippen LogP contribution in [0.25, 0.3) is 0 Å². The normalized spacial score (nSPS) is 10.0. The predicted octanol–water partition coefficient (Wildman–Crippen LogP) is 1.65. The molecule has 0 atom stereocenters. The molecule has 3 N–H and O–H groups in total. The van der Waals surface area contributed by atoms with Crippen LogP contribution in [-0.4, -0.2) is 19.8 Å². The topological polar surface area (TPSA) is 47.3 Å². The summed E-state index contributed by atoms with van der Waals surface area (Å²) in [4.78, 5) is 0.767. The summed E-state index contributed by atoms with van der Waals surface area (Å²) in [6.45, 7) is 1.47. The molecular formula is C11H13FN2OS. The molecule has 0 radical (unpaired) electrons. The quantitative estimate of drug-likeness (QED) is 0.343. The van der Waals surface area contributed by atoms with Gasteiger partial charge < -0.3 is 10.5 Å². The molecule has 0 saturated carbocycles. The predicted molar refractivity (Wildman–Crippen MR) is 64.3 cm³/mol. The van der Waals surface area contributed by atoms with Crippen molar-refractivity contribution in [3.05, 3.63) is 24.0 Å². The molecule has 1 aromatic carbocycles. The van der Waals surface area contributed by atoms with E-state index in [4.69, 9.17) is 16.9 Å². The minimum atomic E-state index is -0.407. The molecule has 1 aromatic rings. The molecule has 0 spiro atoms. The minimum absolute atomic E-state index is 0.154. The molecule has 0 fully saturated rings. The summed E-state index contributed by atoms with van der Waals surface area (Å²) in [5.41, 5.74) is 5.51. The van der Waals surface area contributed by atoms with E-state index in [0.29, 0.717) is 19.8 Å². The fourth-order valence-electron chi connectivity index (χ4n) is 0.951. The molecule has 1 rings (SSSR count). The number of benzene rings is 1. The zero-order valence-corrected chi connectivity index (χ0v) is 9.52. The minimum Gasteiger partial charge on any atom is -0.396 e. The summed E-state index contributed by atoms with van der Waals surface area (Å²) >= 11 is 1.32. The number of ether oxygens (including phenoxy) is 1. The van der Waals surface area contributed by atoms with E-state index in [9.17, 15) is 4.39 Å². The number of terminal acetylenes is 1. The van der Waals surface area contributed by atoms with Gasteiger partial charge in [-0.05, 0) is 30.1 Å². The molecule has 0 bridgehead atoms. The van der Waals surface area contributed by atoms with Gasteiger partial charge in [0.1, 0.15) is 12.4 Å². The van der Waals surface area contributed by atoms with Crippen molar-refractivity contribution < 1.29 is 9.13 Å². The van der Waals surface area contributed by atoms with Crippen molar-refractivity contribution in [1.82, 2.24) is 4.72 Å². The van der Waals surface area contributed by atoms with E-state index in [-0.39, 0.29) is 5.69 Å². The highest BCUT2D eigenvalue weighted by molar-refractivity contribution is 7.97. The van der Waals surface area contributed by atoms with Gasteiger partial charge in [0.25, 0.3) is 0 Å². The van der Waals surface area contributed by atoms with E-state index in [2.05, 4.69) is 10.6 Å². The highest BCUT2D eigenvalue weighted by atomic mass is 32.2. The standard InChI is InChI=1S/C11H13FN2OS/c1-2-6-15-7-5-14-16-9-3-4-11(13)10(12)8-9/h1,3-4,8,14H,5-7,13H2. The molecule has 86 valence electrons. The SMILES string of the molecule is C#CCOCCNSc1ccc(N)c(F)c1. The average Bonchev–Trinajstić information content (AvgIpc) is 2.28. The van der Waals surface area contributed by atoms with Gasteiger partial charge in [0.2, 0.25) is 0 Å². The summed E-state index contributed by atoms with van der Waals surface area (Å²) in [6, 6.07) is 4.67. The van der Waals surface area contributed by atoms with Gasteiger partial charge in [-0.1, -0.05) is 5.92 Å². The van der Waals surface area contributed by atoms with Gasteiger partial charge in [0.05, 0.1) is 12.3 Å². The maximum absolute atomic E-state index is 13.0. The molecule has 0 amide bonds. The second-order valence-corrected chi connectivity index (χ2v) is 3.90. The van der Waals surface area contributed by atoms with Gasteiger partial charge in [-0.2, -0.15) is 0 Å². The van der Waals surface area contributed by atoms with Crippen molar-refractivity contribution in [2.24, 2.45) is 0 Å². The first-order chi connectivity index (χ1) is 7.74. The van der Waals surface area contributed by atoms with E-state index in [1.165, 1.54) is 24.1 Å². The van der Waals surface area contributed by atoms with Crippen LogP contribution in [0.4, 0.5) is 10.1 Å². The maximum atomic E-state index is 13.0. The Hall–Kier alpha value is -1.22. The number of anilines is 1. The Balaban J connectivity index is 2.22. The monoisotopic (exact) mass is 240 g/mol. The lowest BCUT2D eigenvalue weighted by Gasteiger charge is -2.04. The molecule has 0 saturated heterocycles. The van der Waals surface area contributed by atoms with Crippen LogP contribution in [0, 0.1) is 18.2 Å². The molecule has 0 heterocycles. The van der Waals surface area contributed by atoms with Gasteiger partial charge in [0.15, 0.2) is 0 Å². The van der Waals surface area contributed by atoms with Gasteiger partial charge >= 0.3 is 0 Å². The van der Waals surface area contributed by atoms with Crippen LogP contribution in [0.2, 0.25) is 0 Å². The van der Waals surface area contributed by atoms with Crippen LogP contribution in [0.1, 0.15) is 0 Å². The van der Waals surface area contributed by atoms with Crippen molar-refractivity contribution in [3.8, 4) is 12.3 Å². The molecule has 0 aliphatic heterocycles. The molecule has 0 unspecified atom stereocenters. The van der Waals surface area contributed by atoms with Crippen LogP contribution in [0.5, 0.6) is 0 Å². The largest absolute Gasteiger partial charge is 0.396 e. The third kappa shape index (κ3) is 4.53. The van der Waals surface area contributed by atoms with Gasteiger partial charge in [0, 0.05) is 11.4 Å². The van der Waals surface area contributed by atoms with Crippen molar-refractivity contribution in [2.45, 2.75) is 4.90 Å². The highest BCUT2D eigenvalue weighted by Gasteiger charge is 2.00. The number of nitrogens with one attached hydrogen (secondary N) is 1. The Bertz CT molecular complexity index is 379. The first-order valence-corrected chi connectivity index (χ1v) is 5.51. The van der Waals surface area contributed by atoms with Crippen LogP contribution in [-0.2, 0) is 4.74 Å². The van der Waals surface area contributed by atoms with E-state index < -0.39 is 5.82 Å². The van der Waals surface area contributed by atoms with Gasteiger partial charge in [-0.3, -0.25) is 4.72 Å². The lowest BCUT2D eigenvalue weighted by atomic mass is 10.3. The third-order valence-electron chi connectivity index (χ3n) is 1.70. The van der Waals surface area contributed by atoms with E-state index in [0.717, 1.165) is 4.90 Å². The summed E-state index contributed by atoms with van der Waals surface area (Å²) in [5, 5.41) is 0. The lowest BCUT2D eigenvalue weighted by molar-refractivity contribution is 0.173. The zero-order chi connectivity index (χ0) is 11.8. The molecule has 0 aromatic heterocycles. The fraction of sp³-hybridized carbons (Fsp3) is 0.273. The summed E-state index contributed by atoms with van der Waals surface area (Å²) in [7, 11) is 0. The second kappa shape index (κ2) is 7.12. The van der Waals surface area contributed by atoms with Crippen LogP contribution < -0.4 is 10.5 Å². The zero-order valence-electron chi connectivity index (χ0n) is 8.70. The number of hydrogen-bond donors (Lipinski definition) is 2. The Labute approximate surface area is 98.7 Å². The van der Waals surface area contributed by atoms with Crippen molar-refractivity contribution in [3.63, 3.8) is 0 Å². The number of rotatable bonds is 6. The Kier molecular flexibility index (Phi) is 5.72. The molecule has 3 nitrogen and oxygen atoms in total. The molecular weight excluding hydrogens is 227 g/mol. The maximum Gasteiger partial charge on any atom is 0.147 e. The fourth-order valence-corrected chi connectivity index (χ4v) is 1.60. The number of nitrogens with two attached hydrogens (primary N) is 1. The van der Waals surface area contributed by atoms with E-state index >= 15 is 0 Å². The smallest absolute Gasteiger partial charge is 0.147 e. The molecule has 5 heteroatoms. The summed E-state index contributed by atoms with van der Waals surface area (Å²) in [6.07, 6.45) is 5.01. The Morgan fingerprint density at radius 2 is 2.38 bits per heavy atom. The van der Waals surface area contributed by atoms with Crippen LogP contribution in [0.3, 0.4) is 0 Å². The van der Waals surface area contributed by atoms with Gasteiger partial charge in [-0.25, -0.2) is 4.39 Å². The molecule has 0 aliphatic carbocycles. The van der Waals surface area contributed by atoms with Crippen molar-refractivity contribution in [1.29, 1.82) is 0 Å². The van der Waals surface area contributed by atoms with Crippen LogP contribution >= 0.6 is 11.9 Å².